The Morgan fingerprint density at radius 1 is 0.490 bits per heavy atom. The number of fused-ring (bicyclic) bond motifs is 7. The molecule has 0 spiro atoms. The Labute approximate surface area is 286 Å². The van der Waals surface area contributed by atoms with Crippen LogP contribution in [0.1, 0.15) is 25.0 Å². The van der Waals surface area contributed by atoms with Crippen molar-refractivity contribution in [2.45, 2.75) is 19.3 Å². The molecular weight excluding hydrogens is 595 g/mol. The average Bonchev–Trinajstić information content (AvgIpc) is 3.47. The van der Waals surface area contributed by atoms with Crippen LogP contribution in [0.4, 0.5) is 17.1 Å². The molecule has 1 aromatic heterocycles. The van der Waals surface area contributed by atoms with Crippen LogP contribution in [0.5, 0.6) is 11.5 Å². The summed E-state index contributed by atoms with van der Waals surface area (Å²) in [6.45, 7) is 4.82. The molecule has 8 aromatic rings. The molecule has 232 valence electrons. The molecule has 3 heterocycles. The normalized spacial score (nSPS) is 14.2. The Morgan fingerprint density at radius 2 is 1.18 bits per heavy atom. The van der Waals surface area contributed by atoms with Crippen LogP contribution in [0, 0.1) is 0 Å². The molecule has 0 bridgehead atoms. The van der Waals surface area contributed by atoms with Gasteiger partial charge < -0.3 is 14.2 Å². The molecule has 7 aromatic carbocycles. The lowest BCUT2D eigenvalue weighted by atomic mass is 9.36. The molecule has 49 heavy (non-hydrogen) atoms. The molecule has 0 radical (unpaired) electrons. The monoisotopic (exact) mass is 628 g/mol. The molecule has 0 atom stereocenters. The Hall–Kier alpha value is -6.00. The van der Waals surface area contributed by atoms with Crippen molar-refractivity contribution in [2.75, 3.05) is 4.90 Å². The van der Waals surface area contributed by atoms with Gasteiger partial charge in [-0.1, -0.05) is 129 Å². The highest BCUT2D eigenvalue weighted by molar-refractivity contribution is 6.96. The molecule has 10 rings (SSSR count). The molecule has 3 nitrogen and oxygen atoms in total. The number of ether oxygens (including phenoxy) is 1. The Morgan fingerprint density at radius 3 is 2.04 bits per heavy atom. The fourth-order valence-electron chi connectivity index (χ4n) is 8.39. The molecule has 0 saturated carbocycles. The maximum Gasteiger partial charge on any atom is 0.250 e. The van der Waals surface area contributed by atoms with Crippen LogP contribution in [0.2, 0.25) is 0 Å². The summed E-state index contributed by atoms with van der Waals surface area (Å²) >= 11 is 0. The molecule has 0 aliphatic carbocycles. The minimum absolute atomic E-state index is 0.0992. The second-order valence-corrected chi connectivity index (χ2v) is 13.8. The zero-order valence-electron chi connectivity index (χ0n) is 27.5. The van der Waals surface area contributed by atoms with E-state index in [9.17, 15) is 0 Å². The number of rotatable bonds is 3. The van der Waals surface area contributed by atoms with Gasteiger partial charge in [0.05, 0.1) is 22.4 Å². The third kappa shape index (κ3) is 4.10. The summed E-state index contributed by atoms with van der Waals surface area (Å²) in [7, 11) is 0. The number of hydrogen-bond acceptors (Lipinski definition) is 2. The molecule has 0 fully saturated rings. The van der Waals surface area contributed by atoms with E-state index in [0.29, 0.717) is 0 Å². The van der Waals surface area contributed by atoms with Crippen molar-refractivity contribution >= 4 is 62.0 Å². The van der Waals surface area contributed by atoms with Crippen LogP contribution in [0.3, 0.4) is 0 Å². The first-order chi connectivity index (χ1) is 24.1. The molecule has 0 N–H and O–H groups in total. The largest absolute Gasteiger partial charge is 0.458 e. The second-order valence-electron chi connectivity index (χ2n) is 13.8. The second kappa shape index (κ2) is 10.5. The highest BCUT2D eigenvalue weighted by Gasteiger charge is 2.38. The van der Waals surface area contributed by atoms with Crippen molar-refractivity contribution < 1.29 is 4.74 Å². The third-order valence-electron chi connectivity index (χ3n) is 10.7. The van der Waals surface area contributed by atoms with Crippen molar-refractivity contribution in [3.05, 3.63) is 175 Å². The summed E-state index contributed by atoms with van der Waals surface area (Å²) in [5.74, 6) is 1.81. The summed E-state index contributed by atoms with van der Waals surface area (Å²) in [6, 6.07) is 59.3. The van der Waals surface area contributed by atoms with E-state index in [-0.39, 0.29) is 12.1 Å². The van der Waals surface area contributed by atoms with E-state index < -0.39 is 0 Å². The van der Waals surface area contributed by atoms with Crippen LogP contribution >= 0.6 is 0 Å². The van der Waals surface area contributed by atoms with Gasteiger partial charge in [-0.05, 0) is 70.6 Å². The van der Waals surface area contributed by atoms with Gasteiger partial charge in [-0.15, -0.1) is 0 Å². The van der Waals surface area contributed by atoms with Gasteiger partial charge in [0.15, 0.2) is 0 Å². The Bertz CT molecular complexity index is 2570. The van der Waals surface area contributed by atoms with E-state index in [4.69, 9.17) is 4.74 Å². The molecule has 2 aliphatic rings. The van der Waals surface area contributed by atoms with Gasteiger partial charge in [0.1, 0.15) is 11.5 Å². The van der Waals surface area contributed by atoms with Gasteiger partial charge in [0.2, 0.25) is 0 Å². The van der Waals surface area contributed by atoms with Crippen LogP contribution in [-0.2, 0) is 5.41 Å². The van der Waals surface area contributed by atoms with E-state index >= 15 is 0 Å². The van der Waals surface area contributed by atoms with Gasteiger partial charge in [0, 0.05) is 33.6 Å². The maximum atomic E-state index is 6.70. The predicted octanol–water partition coefficient (Wildman–Crippen LogP) is 9.51. The Kier molecular flexibility index (Phi) is 6.01. The zero-order chi connectivity index (χ0) is 32.7. The number of aromatic nitrogens is 1. The summed E-state index contributed by atoms with van der Waals surface area (Å²) in [5, 5.41) is 2.49. The SMILES string of the molecule is CC1(C)c2ccccc2N(c2ccccc2)c2cc3c(cc21)c1ccccc1n3-c1ccc2c(c1)Oc1ccccc1B2c1ccccc1. The number of hydrogen-bond donors (Lipinski definition) is 0. The van der Waals surface area contributed by atoms with Crippen molar-refractivity contribution in [2.24, 2.45) is 0 Å². The Balaban J connectivity index is 1.23. The number of benzene rings is 7. The van der Waals surface area contributed by atoms with Crippen molar-refractivity contribution in [3.63, 3.8) is 0 Å². The van der Waals surface area contributed by atoms with Gasteiger partial charge in [-0.25, -0.2) is 0 Å². The molecular formula is C45H33BN2O. The topological polar surface area (TPSA) is 17.4 Å². The van der Waals surface area contributed by atoms with E-state index in [2.05, 4.69) is 187 Å². The molecule has 2 aliphatic heterocycles. The fourth-order valence-corrected chi connectivity index (χ4v) is 8.39. The summed E-state index contributed by atoms with van der Waals surface area (Å²) in [6.07, 6.45) is 0. The van der Waals surface area contributed by atoms with Crippen LogP contribution in [-0.4, -0.2) is 11.3 Å². The molecule has 0 amide bonds. The highest BCUT2D eigenvalue weighted by atomic mass is 16.5. The first-order valence-electron chi connectivity index (χ1n) is 17.1. The number of nitrogens with zero attached hydrogens (tertiary/aromatic N) is 2. The average molecular weight is 629 g/mol. The molecule has 0 unspecified atom stereocenters. The lowest BCUT2D eigenvalue weighted by Crippen LogP contribution is -2.54. The first-order valence-corrected chi connectivity index (χ1v) is 17.1. The summed E-state index contributed by atoms with van der Waals surface area (Å²) in [4.78, 5) is 2.44. The van der Waals surface area contributed by atoms with E-state index in [1.807, 2.05) is 0 Å². The van der Waals surface area contributed by atoms with Gasteiger partial charge >= 0.3 is 0 Å². The van der Waals surface area contributed by atoms with Crippen LogP contribution < -0.4 is 26.0 Å². The smallest absolute Gasteiger partial charge is 0.250 e. The van der Waals surface area contributed by atoms with Gasteiger partial charge in [-0.2, -0.15) is 0 Å². The molecule has 0 saturated heterocycles. The highest BCUT2D eigenvalue weighted by Crippen LogP contribution is 2.53. The van der Waals surface area contributed by atoms with Crippen molar-refractivity contribution in [1.29, 1.82) is 0 Å². The number of anilines is 3. The number of para-hydroxylation sites is 4. The predicted molar refractivity (Wildman–Crippen MR) is 205 cm³/mol. The standard InChI is InChI=1S/C45H33BN2O/c1-45(2)35-20-10-13-23-40(35)47(31-17-7-4-8-18-31)42-29-41-34(28-36(42)45)33-19-9-12-22-39(33)48(41)32-25-26-38-44(27-32)49-43-24-14-11-21-37(43)46(38)30-15-5-3-6-16-30/h3-29H,1-2H3. The third-order valence-corrected chi connectivity index (χ3v) is 10.7. The quantitative estimate of drug-likeness (QED) is 0.181. The first kappa shape index (κ1) is 28.1. The lowest BCUT2D eigenvalue weighted by Gasteiger charge is -2.42. The van der Waals surface area contributed by atoms with Crippen LogP contribution in [0.25, 0.3) is 27.5 Å². The fraction of sp³-hybridized carbons (Fsp3) is 0.0667. The van der Waals surface area contributed by atoms with Gasteiger partial charge in [-0.3, -0.25) is 0 Å². The van der Waals surface area contributed by atoms with E-state index in [0.717, 1.165) is 22.9 Å². The van der Waals surface area contributed by atoms with E-state index in [1.165, 1.54) is 60.7 Å². The summed E-state index contributed by atoms with van der Waals surface area (Å²) in [5.41, 5.74) is 13.1. The maximum absolute atomic E-state index is 6.70. The van der Waals surface area contributed by atoms with Crippen molar-refractivity contribution in [3.8, 4) is 17.2 Å². The summed E-state index contributed by atoms with van der Waals surface area (Å²) < 4.78 is 9.12. The van der Waals surface area contributed by atoms with Crippen LogP contribution in [0.15, 0.2) is 164 Å². The minimum atomic E-state index is -0.186. The van der Waals surface area contributed by atoms with Crippen molar-refractivity contribution in [1.82, 2.24) is 4.57 Å². The lowest BCUT2D eigenvalue weighted by molar-refractivity contribution is 0.487. The molecule has 4 heteroatoms. The van der Waals surface area contributed by atoms with E-state index in [1.54, 1.807) is 0 Å². The zero-order valence-corrected chi connectivity index (χ0v) is 27.5. The van der Waals surface area contributed by atoms with Gasteiger partial charge in [0.25, 0.3) is 6.71 Å². The minimum Gasteiger partial charge on any atom is -0.458 e.